The summed E-state index contributed by atoms with van der Waals surface area (Å²) in [5.74, 6) is 0.214. The lowest BCUT2D eigenvalue weighted by Crippen LogP contribution is -2.18. The molecule has 0 amide bonds. The van der Waals surface area contributed by atoms with Crippen molar-refractivity contribution in [2.75, 3.05) is 19.1 Å². The van der Waals surface area contributed by atoms with E-state index >= 15 is 0 Å². The molecule has 2 rings (SSSR count). The molecule has 0 unspecified atom stereocenters. The Bertz CT molecular complexity index is 602. The summed E-state index contributed by atoms with van der Waals surface area (Å²) in [6.45, 7) is 0.710. The maximum atomic E-state index is 11.4. The average molecular weight is 291 g/mol. The van der Waals surface area contributed by atoms with Gasteiger partial charge in [-0.15, -0.1) is 0 Å². The summed E-state index contributed by atoms with van der Waals surface area (Å²) in [6.07, 6.45) is 0. The topological polar surface area (TPSA) is 42.4 Å². The van der Waals surface area contributed by atoms with E-state index in [1.54, 1.807) is 12.1 Å². The first-order chi connectivity index (χ1) is 9.61. The molecule has 0 spiro atoms. The van der Waals surface area contributed by atoms with Gasteiger partial charge in [-0.3, -0.25) is 0 Å². The van der Waals surface area contributed by atoms with Crippen LogP contribution in [0.25, 0.3) is 0 Å². The molecule has 0 aliphatic heterocycles. The fourth-order valence-corrected chi connectivity index (χ4v) is 2.06. The highest BCUT2D eigenvalue weighted by Crippen LogP contribution is 2.20. The van der Waals surface area contributed by atoms with Crippen LogP contribution in [0.4, 0.5) is 5.82 Å². The first-order valence-corrected chi connectivity index (χ1v) is 6.49. The van der Waals surface area contributed by atoms with Gasteiger partial charge in [0.25, 0.3) is 0 Å². The van der Waals surface area contributed by atoms with Crippen LogP contribution in [0.3, 0.4) is 0 Å². The second-order valence-corrected chi connectivity index (χ2v) is 4.70. The van der Waals surface area contributed by atoms with Crippen molar-refractivity contribution in [2.45, 2.75) is 6.54 Å². The van der Waals surface area contributed by atoms with Gasteiger partial charge in [-0.05, 0) is 17.7 Å². The first-order valence-electron chi connectivity index (χ1n) is 6.11. The zero-order chi connectivity index (χ0) is 14.5. The zero-order valence-corrected chi connectivity index (χ0v) is 12.1. The normalized spacial score (nSPS) is 10.2. The number of halogens is 1. The van der Waals surface area contributed by atoms with E-state index in [9.17, 15) is 4.79 Å². The van der Waals surface area contributed by atoms with Crippen molar-refractivity contribution < 1.29 is 9.53 Å². The number of aromatic nitrogens is 1. The Kier molecular flexibility index (Phi) is 4.58. The number of esters is 1. The van der Waals surface area contributed by atoms with Gasteiger partial charge in [-0.1, -0.05) is 41.9 Å². The van der Waals surface area contributed by atoms with Gasteiger partial charge in [0.15, 0.2) is 0 Å². The third-order valence-electron chi connectivity index (χ3n) is 2.89. The predicted molar refractivity (Wildman–Crippen MR) is 79.1 cm³/mol. The number of nitrogens with zero attached hydrogens (tertiary/aromatic N) is 2. The van der Waals surface area contributed by atoms with Crippen molar-refractivity contribution in [3.05, 3.63) is 58.7 Å². The maximum absolute atomic E-state index is 11.4. The summed E-state index contributed by atoms with van der Waals surface area (Å²) >= 11 is 6.01. The number of pyridine rings is 1. The van der Waals surface area contributed by atoms with E-state index in [4.69, 9.17) is 11.6 Å². The van der Waals surface area contributed by atoms with E-state index in [1.807, 2.05) is 42.3 Å². The van der Waals surface area contributed by atoms with Crippen LogP contribution in [0.5, 0.6) is 0 Å². The second kappa shape index (κ2) is 6.39. The molecule has 0 saturated carbocycles. The van der Waals surface area contributed by atoms with Crippen LogP contribution in [0, 0.1) is 0 Å². The molecule has 1 heterocycles. The number of anilines is 1. The molecule has 2 aromatic rings. The number of methoxy groups -OCH3 is 1. The number of carbonyl (C=O) groups excluding carboxylic acids is 1. The minimum Gasteiger partial charge on any atom is -0.465 e. The monoisotopic (exact) mass is 290 g/mol. The molecular formula is C15H15ClN2O2. The molecular weight excluding hydrogens is 276 g/mol. The van der Waals surface area contributed by atoms with Gasteiger partial charge in [-0.2, -0.15) is 0 Å². The minimum atomic E-state index is -0.486. The number of hydrogen-bond donors (Lipinski definition) is 0. The Labute approximate surface area is 123 Å². The Balaban J connectivity index is 2.17. The molecule has 0 aliphatic carbocycles. The maximum Gasteiger partial charge on any atom is 0.341 e. The lowest BCUT2D eigenvalue weighted by Gasteiger charge is -2.18. The van der Waals surface area contributed by atoms with Crippen LogP contribution >= 0.6 is 11.6 Å². The average Bonchev–Trinajstić information content (AvgIpc) is 2.47. The Morgan fingerprint density at radius 1 is 1.25 bits per heavy atom. The zero-order valence-electron chi connectivity index (χ0n) is 11.3. The van der Waals surface area contributed by atoms with Crippen molar-refractivity contribution in [3.8, 4) is 0 Å². The third-order valence-corrected chi connectivity index (χ3v) is 3.18. The molecule has 0 saturated heterocycles. The Morgan fingerprint density at radius 2 is 1.95 bits per heavy atom. The molecule has 5 heteroatoms. The molecule has 0 aliphatic rings. The molecule has 1 aromatic heterocycles. The molecule has 4 nitrogen and oxygen atoms in total. The molecule has 0 N–H and O–H groups in total. The van der Waals surface area contributed by atoms with Gasteiger partial charge in [0.1, 0.15) is 11.0 Å². The quantitative estimate of drug-likeness (QED) is 0.641. The summed E-state index contributed by atoms with van der Waals surface area (Å²) in [5.41, 5.74) is 1.44. The molecule has 0 fully saturated rings. The summed E-state index contributed by atoms with van der Waals surface area (Å²) < 4.78 is 4.64. The van der Waals surface area contributed by atoms with E-state index in [0.29, 0.717) is 12.4 Å². The molecule has 0 radical (unpaired) electrons. The van der Waals surface area contributed by atoms with Gasteiger partial charge in [0.2, 0.25) is 0 Å². The van der Waals surface area contributed by atoms with Crippen LogP contribution in [-0.4, -0.2) is 25.1 Å². The lowest BCUT2D eigenvalue weighted by molar-refractivity contribution is 0.0600. The molecule has 1 aromatic carbocycles. The molecule has 0 atom stereocenters. The summed E-state index contributed by atoms with van der Waals surface area (Å²) in [5, 5.41) is 0.147. The van der Waals surface area contributed by atoms with Crippen molar-refractivity contribution >= 4 is 23.4 Å². The van der Waals surface area contributed by atoms with Crippen LogP contribution in [0.15, 0.2) is 42.5 Å². The molecule has 0 bridgehead atoms. The minimum absolute atomic E-state index is 0.147. The second-order valence-electron chi connectivity index (χ2n) is 4.34. The smallest absolute Gasteiger partial charge is 0.341 e. The van der Waals surface area contributed by atoms with Gasteiger partial charge < -0.3 is 9.64 Å². The van der Waals surface area contributed by atoms with Crippen molar-refractivity contribution in [1.82, 2.24) is 4.98 Å². The lowest BCUT2D eigenvalue weighted by atomic mass is 10.2. The molecule has 20 heavy (non-hydrogen) atoms. The van der Waals surface area contributed by atoms with E-state index in [-0.39, 0.29) is 10.7 Å². The van der Waals surface area contributed by atoms with E-state index in [1.165, 1.54) is 12.7 Å². The Morgan fingerprint density at radius 3 is 2.55 bits per heavy atom. The van der Waals surface area contributed by atoms with Crippen LogP contribution < -0.4 is 4.90 Å². The number of benzene rings is 1. The van der Waals surface area contributed by atoms with Gasteiger partial charge in [-0.25, -0.2) is 9.78 Å². The fraction of sp³-hybridized carbons (Fsp3) is 0.200. The van der Waals surface area contributed by atoms with E-state index < -0.39 is 5.97 Å². The van der Waals surface area contributed by atoms with Gasteiger partial charge >= 0.3 is 5.97 Å². The van der Waals surface area contributed by atoms with Crippen molar-refractivity contribution in [2.24, 2.45) is 0 Å². The highest BCUT2D eigenvalue weighted by atomic mass is 35.5. The number of rotatable bonds is 4. The summed E-state index contributed by atoms with van der Waals surface area (Å²) in [4.78, 5) is 17.6. The number of ether oxygens (including phenoxy) is 1. The van der Waals surface area contributed by atoms with Crippen molar-refractivity contribution in [1.29, 1.82) is 0 Å². The number of carbonyl (C=O) groups is 1. The summed E-state index contributed by atoms with van der Waals surface area (Å²) in [7, 11) is 3.23. The Hall–Kier alpha value is -2.07. The predicted octanol–water partition coefficient (Wildman–Crippen LogP) is 3.16. The van der Waals surface area contributed by atoms with Gasteiger partial charge in [0, 0.05) is 13.6 Å². The highest BCUT2D eigenvalue weighted by molar-refractivity contribution is 6.32. The standard InChI is InChI=1S/C15H15ClN2O2/c1-18(10-11-6-4-3-5-7-11)13-9-8-12(14(16)17-13)15(19)20-2/h3-9H,10H2,1-2H3. The van der Waals surface area contributed by atoms with Crippen molar-refractivity contribution in [3.63, 3.8) is 0 Å². The first kappa shape index (κ1) is 14.3. The number of hydrogen-bond acceptors (Lipinski definition) is 4. The van der Waals surface area contributed by atoms with E-state index in [0.717, 1.165) is 0 Å². The van der Waals surface area contributed by atoms with Gasteiger partial charge in [0.05, 0.1) is 12.7 Å². The largest absolute Gasteiger partial charge is 0.465 e. The fourth-order valence-electron chi connectivity index (χ4n) is 1.84. The van der Waals surface area contributed by atoms with Crippen LogP contribution in [-0.2, 0) is 11.3 Å². The van der Waals surface area contributed by atoms with Crippen LogP contribution in [0.2, 0.25) is 5.15 Å². The summed E-state index contributed by atoms with van der Waals surface area (Å²) in [6, 6.07) is 13.4. The van der Waals surface area contributed by atoms with E-state index in [2.05, 4.69) is 9.72 Å². The van der Waals surface area contributed by atoms with Crippen LogP contribution in [0.1, 0.15) is 15.9 Å². The third kappa shape index (κ3) is 3.27. The highest BCUT2D eigenvalue weighted by Gasteiger charge is 2.13. The SMILES string of the molecule is COC(=O)c1ccc(N(C)Cc2ccccc2)nc1Cl. The molecule has 104 valence electrons.